The molecule has 1 aromatic heterocycles. The van der Waals surface area contributed by atoms with E-state index in [0.717, 1.165) is 44.5 Å². The van der Waals surface area contributed by atoms with Crippen molar-refractivity contribution in [3.63, 3.8) is 0 Å². The van der Waals surface area contributed by atoms with E-state index >= 15 is 0 Å². The van der Waals surface area contributed by atoms with Crippen LogP contribution in [0.1, 0.15) is 51.3 Å². The SMILES string of the molecule is CCCCNS(=O)(=O)c1cc(CNCC)n(C2CC2)c1. The summed E-state index contributed by atoms with van der Waals surface area (Å²) in [4.78, 5) is 0.397. The smallest absolute Gasteiger partial charge is 0.242 e. The lowest BCUT2D eigenvalue weighted by Gasteiger charge is -2.07. The average Bonchev–Trinajstić information content (AvgIpc) is 3.16. The molecule has 0 aromatic carbocycles. The Balaban J connectivity index is 2.14. The minimum absolute atomic E-state index is 0.397. The van der Waals surface area contributed by atoms with Gasteiger partial charge in [0.1, 0.15) is 0 Å². The molecule has 1 saturated carbocycles. The van der Waals surface area contributed by atoms with Gasteiger partial charge in [-0.05, 0) is 31.9 Å². The summed E-state index contributed by atoms with van der Waals surface area (Å²) in [6.07, 6.45) is 5.94. The zero-order chi connectivity index (χ0) is 14.6. The van der Waals surface area contributed by atoms with Crippen molar-refractivity contribution in [1.29, 1.82) is 0 Å². The van der Waals surface area contributed by atoms with Gasteiger partial charge in [-0.1, -0.05) is 20.3 Å². The summed E-state index contributed by atoms with van der Waals surface area (Å²) >= 11 is 0. The van der Waals surface area contributed by atoms with Crippen molar-refractivity contribution >= 4 is 10.0 Å². The molecule has 2 rings (SSSR count). The van der Waals surface area contributed by atoms with E-state index in [1.165, 1.54) is 0 Å². The van der Waals surface area contributed by atoms with Gasteiger partial charge in [-0.25, -0.2) is 13.1 Å². The highest BCUT2D eigenvalue weighted by molar-refractivity contribution is 7.89. The standard InChI is InChI=1S/C14H25N3O2S/c1-3-5-8-16-20(18,19)14-9-13(10-15-4-2)17(11-14)12-6-7-12/h9,11-12,15-16H,3-8,10H2,1-2H3. The van der Waals surface area contributed by atoms with E-state index in [-0.39, 0.29) is 0 Å². The van der Waals surface area contributed by atoms with Crippen LogP contribution in [0.2, 0.25) is 0 Å². The van der Waals surface area contributed by atoms with Crippen LogP contribution in [0, 0.1) is 0 Å². The largest absolute Gasteiger partial charge is 0.346 e. The van der Waals surface area contributed by atoms with E-state index in [1.807, 2.05) is 13.8 Å². The van der Waals surface area contributed by atoms with Crippen LogP contribution in [0.4, 0.5) is 0 Å². The molecule has 0 aliphatic heterocycles. The second kappa shape index (κ2) is 6.74. The molecule has 6 heteroatoms. The van der Waals surface area contributed by atoms with E-state index in [1.54, 1.807) is 12.3 Å². The summed E-state index contributed by atoms with van der Waals surface area (Å²) in [6.45, 7) is 6.21. The van der Waals surface area contributed by atoms with E-state index in [9.17, 15) is 8.42 Å². The van der Waals surface area contributed by atoms with Gasteiger partial charge in [-0.2, -0.15) is 0 Å². The van der Waals surface area contributed by atoms with E-state index in [2.05, 4.69) is 14.6 Å². The molecule has 1 heterocycles. The number of sulfonamides is 1. The summed E-state index contributed by atoms with van der Waals surface area (Å²) in [7, 11) is -3.36. The lowest BCUT2D eigenvalue weighted by atomic mass is 10.3. The Hall–Kier alpha value is -0.850. The van der Waals surface area contributed by atoms with Crippen LogP contribution < -0.4 is 10.0 Å². The molecule has 0 saturated heterocycles. The van der Waals surface area contributed by atoms with E-state index < -0.39 is 10.0 Å². The Bertz CT molecular complexity index is 533. The minimum Gasteiger partial charge on any atom is -0.346 e. The third kappa shape index (κ3) is 3.84. The van der Waals surface area contributed by atoms with Crippen molar-refractivity contribution in [2.75, 3.05) is 13.1 Å². The number of unbranched alkanes of at least 4 members (excludes halogenated alkanes) is 1. The number of nitrogens with one attached hydrogen (secondary N) is 2. The normalized spacial score (nSPS) is 15.7. The highest BCUT2D eigenvalue weighted by atomic mass is 32.2. The molecule has 0 amide bonds. The number of nitrogens with zero attached hydrogens (tertiary/aromatic N) is 1. The summed E-state index contributed by atoms with van der Waals surface area (Å²) in [5, 5.41) is 3.27. The Morgan fingerprint density at radius 2 is 2.10 bits per heavy atom. The van der Waals surface area contributed by atoms with Crippen molar-refractivity contribution in [3.8, 4) is 0 Å². The molecule has 0 radical (unpaired) electrons. The average molecular weight is 299 g/mol. The van der Waals surface area contributed by atoms with Gasteiger partial charge in [-0.15, -0.1) is 0 Å². The third-order valence-corrected chi connectivity index (χ3v) is 4.96. The Morgan fingerprint density at radius 1 is 1.35 bits per heavy atom. The molecule has 1 aliphatic rings. The first-order valence-electron chi connectivity index (χ1n) is 7.49. The second-order valence-electron chi connectivity index (χ2n) is 5.34. The van der Waals surface area contributed by atoms with E-state index in [0.29, 0.717) is 17.5 Å². The predicted octanol–water partition coefficient (Wildman–Crippen LogP) is 2.01. The molecular formula is C14H25N3O2S. The van der Waals surface area contributed by atoms with Crippen LogP contribution in [0.25, 0.3) is 0 Å². The summed E-state index contributed by atoms with van der Waals surface area (Å²) in [5.74, 6) is 0. The van der Waals surface area contributed by atoms with Crippen molar-refractivity contribution in [1.82, 2.24) is 14.6 Å². The zero-order valence-corrected chi connectivity index (χ0v) is 13.2. The maximum Gasteiger partial charge on any atom is 0.242 e. The first-order valence-corrected chi connectivity index (χ1v) is 8.98. The van der Waals surface area contributed by atoms with Gasteiger partial charge < -0.3 is 9.88 Å². The quantitative estimate of drug-likeness (QED) is 0.686. The Morgan fingerprint density at radius 3 is 2.70 bits per heavy atom. The molecule has 20 heavy (non-hydrogen) atoms. The lowest BCUT2D eigenvalue weighted by molar-refractivity contribution is 0.578. The van der Waals surface area contributed by atoms with Gasteiger partial charge >= 0.3 is 0 Å². The lowest BCUT2D eigenvalue weighted by Crippen LogP contribution is -2.24. The highest BCUT2D eigenvalue weighted by Gasteiger charge is 2.27. The number of aromatic nitrogens is 1. The summed E-state index contributed by atoms with van der Waals surface area (Å²) in [5.41, 5.74) is 1.06. The molecule has 1 aliphatic carbocycles. The second-order valence-corrected chi connectivity index (χ2v) is 7.10. The summed E-state index contributed by atoms with van der Waals surface area (Å²) < 4.78 is 29.3. The molecule has 0 atom stereocenters. The number of hydrogen-bond donors (Lipinski definition) is 2. The van der Waals surface area contributed by atoms with Gasteiger partial charge in [0.25, 0.3) is 0 Å². The third-order valence-electron chi connectivity index (χ3n) is 3.54. The number of rotatable bonds is 9. The fourth-order valence-corrected chi connectivity index (χ4v) is 3.32. The molecule has 5 nitrogen and oxygen atoms in total. The maximum absolute atomic E-state index is 12.2. The van der Waals surface area contributed by atoms with Crippen molar-refractivity contribution in [3.05, 3.63) is 18.0 Å². The maximum atomic E-state index is 12.2. The predicted molar refractivity (Wildman–Crippen MR) is 80.2 cm³/mol. The van der Waals surface area contributed by atoms with Gasteiger partial charge in [-0.3, -0.25) is 0 Å². The fourth-order valence-electron chi connectivity index (χ4n) is 2.20. The highest BCUT2D eigenvalue weighted by Crippen LogP contribution is 2.37. The molecule has 0 unspecified atom stereocenters. The fraction of sp³-hybridized carbons (Fsp3) is 0.714. The zero-order valence-electron chi connectivity index (χ0n) is 12.4. The van der Waals surface area contributed by atoms with Crippen LogP contribution in [-0.4, -0.2) is 26.1 Å². The van der Waals surface area contributed by atoms with Crippen LogP contribution in [0.3, 0.4) is 0 Å². The van der Waals surface area contributed by atoms with Crippen LogP contribution in [0.5, 0.6) is 0 Å². The van der Waals surface area contributed by atoms with Gasteiger partial charge in [0.2, 0.25) is 10.0 Å². The molecule has 0 bridgehead atoms. The molecule has 0 spiro atoms. The van der Waals surface area contributed by atoms with E-state index in [4.69, 9.17) is 0 Å². The molecular weight excluding hydrogens is 274 g/mol. The van der Waals surface area contributed by atoms with Crippen molar-refractivity contribution in [2.45, 2.75) is 57.0 Å². The van der Waals surface area contributed by atoms with Gasteiger partial charge in [0.05, 0.1) is 4.90 Å². The molecule has 2 N–H and O–H groups in total. The first-order chi connectivity index (χ1) is 9.58. The van der Waals surface area contributed by atoms with Crippen LogP contribution in [0.15, 0.2) is 17.2 Å². The molecule has 1 aromatic rings. The van der Waals surface area contributed by atoms with Crippen molar-refractivity contribution < 1.29 is 8.42 Å². The Labute approximate surface area is 121 Å². The van der Waals surface area contributed by atoms with Crippen molar-refractivity contribution in [2.24, 2.45) is 0 Å². The summed E-state index contributed by atoms with van der Waals surface area (Å²) in [6, 6.07) is 2.29. The minimum atomic E-state index is -3.36. The molecule has 114 valence electrons. The van der Waals surface area contributed by atoms with Crippen LogP contribution >= 0.6 is 0 Å². The van der Waals surface area contributed by atoms with Crippen LogP contribution in [-0.2, 0) is 16.6 Å². The number of hydrogen-bond acceptors (Lipinski definition) is 3. The Kier molecular flexibility index (Phi) is 5.23. The topological polar surface area (TPSA) is 63.1 Å². The van der Waals surface area contributed by atoms with Gasteiger partial charge in [0, 0.05) is 31.0 Å². The monoisotopic (exact) mass is 299 g/mol. The van der Waals surface area contributed by atoms with Gasteiger partial charge in [0.15, 0.2) is 0 Å². The first kappa shape index (κ1) is 15.5. The molecule has 1 fully saturated rings.